The molecule has 0 amide bonds. The van der Waals surface area contributed by atoms with E-state index >= 15 is 0 Å². The lowest BCUT2D eigenvalue weighted by molar-refractivity contribution is -0.230. The van der Waals surface area contributed by atoms with Crippen LogP contribution in [0.4, 0.5) is 0 Å². The van der Waals surface area contributed by atoms with Gasteiger partial charge in [0.25, 0.3) is 0 Å². The molecule has 0 spiro atoms. The number of rotatable bonds is 0. The van der Waals surface area contributed by atoms with Crippen molar-refractivity contribution in [1.82, 2.24) is 0 Å². The van der Waals surface area contributed by atoms with Gasteiger partial charge in [0.1, 0.15) is 12.2 Å². The van der Waals surface area contributed by atoms with Crippen LogP contribution in [0.25, 0.3) is 0 Å². The summed E-state index contributed by atoms with van der Waals surface area (Å²) in [5.74, 6) is 8.19. The zero-order chi connectivity index (χ0) is 20.1. The summed E-state index contributed by atoms with van der Waals surface area (Å²) >= 11 is 0. The highest BCUT2D eigenvalue weighted by Gasteiger charge is 2.76. The predicted molar refractivity (Wildman–Crippen MR) is 106 cm³/mol. The van der Waals surface area contributed by atoms with Gasteiger partial charge in [-0.3, -0.25) is 0 Å². The van der Waals surface area contributed by atoms with Crippen molar-refractivity contribution in [2.75, 3.05) is 6.61 Å². The monoisotopic (exact) mass is 388 g/mol. The van der Waals surface area contributed by atoms with Crippen LogP contribution in [0.2, 0.25) is 0 Å². The van der Waals surface area contributed by atoms with Crippen molar-refractivity contribution < 1.29 is 20.4 Å². The first-order valence-corrected chi connectivity index (χ1v) is 11.4. The Labute approximate surface area is 168 Å². The Kier molecular flexibility index (Phi) is 3.98. The van der Waals surface area contributed by atoms with E-state index in [0.29, 0.717) is 36.0 Å². The van der Waals surface area contributed by atoms with Gasteiger partial charge in [-0.1, -0.05) is 32.6 Å². The largest absolute Gasteiger partial charge is 0.393 e. The van der Waals surface area contributed by atoms with Crippen LogP contribution in [0.15, 0.2) is 0 Å². The molecule has 4 heteroatoms. The molecule has 0 saturated heterocycles. The van der Waals surface area contributed by atoms with Gasteiger partial charge < -0.3 is 20.4 Å². The van der Waals surface area contributed by atoms with Gasteiger partial charge in [-0.25, -0.2) is 0 Å². The maximum Gasteiger partial charge on any atom is 0.133 e. The van der Waals surface area contributed by atoms with Gasteiger partial charge in [0.05, 0.1) is 11.7 Å². The molecule has 5 aliphatic carbocycles. The summed E-state index contributed by atoms with van der Waals surface area (Å²) in [6.07, 6.45) is 5.87. The van der Waals surface area contributed by atoms with E-state index < -0.39 is 11.2 Å². The lowest BCUT2D eigenvalue weighted by atomic mass is 9.43. The molecule has 0 radical (unpaired) electrons. The fourth-order valence-electron chi connectivity index (χ4n) is 8.97. The lowest BCUT2D eigenvalue weighted by Gasteiger charge is -2.64. The molecule has 4 N–H and O–H groups in total. The SMILES string of the molecule is CC1CC2C3C4CC4C4(O)CC(O)CCC4(C)C3CCC2(C)[C@]1(O)C#CCO. The molecule has 0 aromatic carbocycles. The minimum Gasteiger partial charge on any atom is -0.393 e. The quantitative estimate of drug-likeness (QED) is 0.480. The number of aliphatic hydroxyl groups is 4. The molecular formula is C24H36O4. The first-order valence-electron chi connectivity index (χ1n) is 11.4. The molecular weight excluding hydrogens is 352 g/mol. The summed E-state index contributed by atoms with van der Waals surface area (Å²) in [6.45, 7) is 6.44. The third-order valence-electron chi connectivity index (χ3n) is 10.6. The topological polar surface area (TPSA) is 80.9 Å². The molecule has 5 aliphatic rings. The summed E-state index contributed by atoms with van der Waals surface area (Å²) in [5.41, 5.74) is -2.13. The smallest absolute Gasteiger partial charge is 0.133 e. The number of aliphatic hydroxyl groups excluding tert-OH is 2. The average Bonchev–Trinajstić information content (AvgIpc) is 3.41. The van der Waals surface area contributed by atoms with E-state index in [0.717, 1.165) is 38.5 Å². The third kappa shape index (κ3) is 2.07. The maximum absolute atomic E-state index is 11.8. The molecule has 0 aromatic rings. The number of hydrogen-bond donors (Lipinski definition) is 4. The molecule has 156 valence electrons. The van der Waals surface area contributed by atoms with Crippen LogP contribution in [0.5, 0.6) is 0 Å². The summed E-state index contributed by atoms with van der Waals surface area (Å²) < 4.78 is 0. The highest BCUT2D eigenvalue weighted by molar-refractivity contribution is 5.31. The zero-order valence-corrected chi connectivity index (χ0v) is 17.5. The van der Waals surface area contributed by atoms with Crippen molar-refractivity contribution >= 4 is 0 Å². The van der Waals surface area contributed by atoms with Gasteiger partial charge in [0, 0.05) is 11.8 Å². The van der Waals surface area contributed by atoms with E-state index in [1.165, 1.54) is 0 Å². The van der Waals surface area contributed by atoms with Gasteiger partial charge >= 0.3 is 0 Å². The molecule has 0 aliphatic heterocycles. The van der Waals surface area contributed by atoms with E-state index in [9.17, 15) is 20.4 Å². The first-order chi connectivity index (χ1) is 13.1. The fourth-order valence-corrected chi connectivity index (χ4v) is 8.97. The van der Waals surface area contributed by atoms with Crippen LogP contribution in [-0.4, -0.2) is 44.3 Å². The van der Waals surface area contributed by atoms with Crippen LogP contribution in [0, 0.1) is 58.2 Å². The normalized spacial score (nSPS) is 61.9. The highest BCUT2D eigenvalue weighted by atomic mass is 16.3. The molecule has 0 heterocycles. The minimum atomic E-state index is -1.03. The van der Waals surface area contributed by atoms with Crippen molar-refractivity contribution in [3.63, 3.8) is 0 Å². The molecule has 28 heavy (non-hydrogen) atoms. The molecule has 4 nitrogen and oxygen atoms in total. The van der Waals surface area contributed by atoms with Crippen LogP contribution in [-0.2, 0) is 0 Å². The van der Waals surface area contributed by atoms with Crippen LogP contribution >= 0.6 is 0 Å². The highest BCUT2D eigenvalue weighted by Crippen LogP contribution is 2.77. The molecule has 5 fully saturated rings. The van der Waals surface area contributed by atoms with Crippen LogP contribution < -0.4 is 0 Å². The zero-order valence-electron chi connectivity index (χ0n) is 17.5. The van der Waals surface area contributed by atoms with Crippen molar-refractivity contribution in [3.05, 3.63) is 0 Å². The lowest BCUT2D eigenvalue weighted by Crippen LogP contribution is -2.65. The van der Waals surface area contributed by atoms with Crippen molar-refractivity contribution in [2.24, 2.45) is 46.3 Å². The first kappa shape index (κ1) is 19.4. The average molecular weight is 389 g/mol. The Balaban J connectivity index is 1.54. The van der Waals surface area contributed by atoms with E-state index in [-0.39, 0.29) is 29.5 Å². The molecule has 0 bridgehead atoms. The molecule has 10 unspecified atom stereocenters. The van der Waals surface area contributed by atoms with E-state index in [4.69, 9.17) is 0 Å². The van der Waals surface area contributed by atoms with Gasteiger partial charge in [0.2, 0.25) is 0 Å². The molecule has 0 aromatic heterocycles. The van der Waals surface area contributed by atoms with Gasteiger partial charge in [-0.2, -0.15) is 0 Å². The van der Waals surface area contributed by atoms with Gasteiger partial charge in [-0.15, -0.1) is 0 Å². The summed E-state index contributed by atoms with van der Waals surface area (Å²) in [4.78, 5) is 0. The third-order valence-corrected chi connectivity index (χ3v) is 10.6. The maximum atomic E-state index is 11.8. The molecule has 11 atom stereocenters. The van der Waals surface area contributed by atoms with Gasteiger partial charge in [-0.05, 0) is 79.4 Å². The van der Waals surface area contributed by atoms with Crippen molar-refractivity contribution in [3.8, 4) is 11.8 Å². The Hall–Kier alpha value is -0.600. The van der Waals surface area contributed by atoms with Crippen molar-refractivity contribution in [1.29, 1.82) is 0 Å². The Morgan fingerprint density at radius 1 is 0.964 bits per heavy atom. The standard InChI is InChI=1S/C24H36O4/c1-14-11-19-20-16-12-18(16)24(28)13-15(26)5-8-21(24,2)17(20)6-9-22(19,3)23(14,27)7-4-10-25/h14-20,25-28H,5-6,8-13H2,1-3H3/t14?,15?,16?,17?,18?,19?,20?,21?,22?,23-,24?/m0/s1. The Morgan fingerprint density at radius 2 is 1.68 bits per heavy atom. The second kappa shape index (κ2) is 5.76. The van der Waals surface area contributed by atoms with Gasteiger partial charge in [0.15, 0.2) is 0 Å². The summed E-state index contributed by atoms with van der Waals surface area (Å²) in [6, 6.07) is 0. The van der Waals surface area contributed by atoms with Crippen LogP contribution in [0.1, 0.15) is 65.7 Å². The minimum absolute atomic E-state index is 0.0966. The van der Waals surface area contributed by atoms with E-state index in [1.807, 2.05) is 0 Å². The summed E-state index contributed by atoms with van der Waals surface area (Å²) in [5, 5.41) is 43.0. The molecule has 5 saturated carbocycles. The Bertz CT molecular complexity index is 741. The fraction of sp³-hybridized carbons (Fsp3) is 0.917. The van der Waals surface area contributed by atoms with Crippen LogP contribution in [0.3, 0.4) is 0 Å². The van der Waals surface area contributed by atoms with Crippen molar-refractivity contribution in [2.45, 2.75) is 83.0 Å². The number of hydrogen-bond acceptors (Lipinski definition) is 4. The Morgan fingerprint density at radius 3 is 2.39 bits per heavy atom. The van der Waals surface area contributed by atoms with E-state index in [2.05, 4.69) is 32.6 Å². The predicted octanol–water partition coefficient (Wildman–Crippen LogP) is 2.33. The second-order valence-corrected chi connectivity index (χ2v) is 11.4. The molecule has 5 rings (SSSR count). The number of fused-ring (bicyclic) bond motifs is 8. The summed E-state index contributed by atoms with van der Waals surface area (Å²) in [7, 11) is 0. The second-order valence-electron chi connectivity index (χ2n) is 11.4. The van der Waals surface area contributed by atoms with E-state index in [1.54, 1.807) is 0 Å².